The summed E-state index contributed by atoms with van der Waals surface area (Å²) in [5.41, 5.74) is -0.220. The molecular weight excluding hydrogens is 218 g/mol. The lowest BCUT2D eigenvalue weighted by Gasteiger charge is -2.41. The predicted octanol–water partition coefficient (Wildman–Crippen LogP) is 1.08. The Balaban J connectivity index is 1.93. The van der Waals surface area contributed by atoms with Crippen LogP contribution >= 0.6 is 0 Å². The van der Waals surface area contributed by atoms with Crippen LogP contribution in [0.25, 0.3) is 0 Å². The zero-order chi connectivity index (χ0) is 12.4. The molecule has 0 aromatic carbocycles. The van der Waals surface area contributed by atoms with Crippen molar-refractivity contribution in [1.82, 2.24) is 5.32 Å². The third-order valence-corrected chi connectivity index (χ3v) is 4.24. The smallest absolute Gasteiger partial charge is 0.0951 e. The van der Waals surface area contributed by atoms with E-state index in [2.05, 4.69) is 19.2 Å². The highest BCUT2D eigenvalue weighted by Gasteiger charge is 2.42. The van der Waals surface area contributed by atoms with Crippen molar-refractivity contribution in [3.8, 4) is 0 Å². The number of aliphatic hydroxyl groups excluding tert-OH is 1. The molecule has 0 aliphatic carbocycles. The van der Waals surface area contributed by atoms with Gasteiger partial charge in [0.1, 0.15) is 0 Å². The Morgan fingerprint density at radius 1 is 1.47 bits per heavy atom. The molecule has 0 amide bonds. The zero-order valence-electron chi connectivity index (χ0n) is 11.0. The lowest BCUT2D eigenvalue weighted by Crippen LogP contribution is -2.55. The number of ether oxygens (including phenoxy) is 2. The van der Waals surface area contributed by atoms with Gasteiger partial charge in [-0.05, 0) is 26.2 Å². The van der Waals surface area contributed by atoms with E-state index in [1.165, 1.54) is 0 Å². The number of hydrogen-bond donors (Lipinski definition) is 2. The summed E-state index contributed by atoms with van der Waals surface area (Å²) < 4.78 is 11.4. The van der Waals surface area contributed by atoms with Crippen molar-refractivity contribution in [1.29, 1.82) is 0 Å². The summed E-state index contributed by atoms with van der Waals surface area (Å²) >= 11 is 0. The number of hydrogen-bond acceptors (Lipinski definition) is 4. The highest BCUT2D eigenvalue weighted by Crippen LogP contribution is 2.33. The van der Waals surface area contributed by atoms with E-state index in [1.807, 2.05) is 0 Å². The lowest BCUT2D eigenvalue weighted by atomic mass is 9.87. The number of rotatable bonds is 4. The molecule has 3 unspecified atom stereocenters. The molecule has 2 heterocycles. The molecule has 2 N–H and O–H groups in total. The fourth-order valence-electron chi connectivity index (χ4n) is 2.77. The molecule has 4 nitrogen and oxygen atoms in total. The minimum absolute atomic E-state index is 0.0555. The third kappa shape index (κ3) is 2.99. The van der Waals surface area contributed by atoms with Crippen molar-refractivity contribution in [3.05, 3.63) is 0 Å². The van der Waals surface area contributed by atoms with Gasteiger partial charge in [-0.1, -0.05) is 6.92 Å². The second-order valence-corrected chi connectivity index (χ2v) is 5.74. The van der Waals surface area contributed by atoms with Gasteiger partial charge in [0.05, 0.1) is 18.8 Å². The van der Waals surface area contributed by atoms with Crippen LogP contribution < -0.4 is 5.32 Å². The molecule has 1 spiro atoms. The molecular formula is C13H25NO3. The third-order valence-electron chi connectivity index (χ3n) is 4.24. The largest absolute Gasteiger partial charge is 0.394 e. The molecule has 2 saturated heterocycles. The van der Waals surface area contributed by atoms with Crippen molar-refractivity contribution >= 4 is 0 Å². The van der Waals surface area contributed by atoms with Crippen LogP contribution in [0.3, 0.4) is 0 Å². The first kappa shape index (κ1) is 13.3. The summed E-state index contributed by atoms with van der Waals surface area (Å²) in [6.07, 6.45) is 3.97. The van der Waals surface area contributed by atoms with Crippen molar-refractivity contribution in [2.45, 2.75) is 56.7 Å². The van der Waals surface area contributed by atoms with E-state index in [9.17, 15) is 5.11 Å². The summed E-state index contributed by atoms with van der Waals surface area (Å²) in [7, 11) is 0. The first-order valence-corrected chi connectivity index (χ1v) is 6.72. The minimum atomic E-state index is -0.164. The average molecular weight is 243 g/mol. The second-order valence-electron chi connectivity index (χ2n) is 5.74. The Morgan fingerprint density at radius 3 is 2.88 bits per heavy atom. The molecule has 2 aliphatic rings. The Labute approximate surface area is 104 Å². The first-order valence-electron chi connectivity index (χ1n) is 6.72. The molecule has 2 fully saturated rings. The molecule has 2 rings (SSSR count). The maximum absolute atomic E-state index is 9.45. The molecule has 17 heavy (non-hydrogen) atoms. The summed E-state index contributed by atoms with van der Waals surface area (Å²) in [6.45, 7) is 6.72. The van der Waals surface area contributed by atoms with Gasteiger partial charge in [0.25, 0.3) is 0 Å². The van der Waals surface area contributed by atoms with Crippen LogP contribution in [-0.2, 0) is 9.47 Å². The van der Waals surface area contributed by atoms with Crippen molar-refractivity contribution < 1.29 is 14.6 Å². The van der Waals surface area contributed by atoms with Crippen molar-refractivity contribution in [3.63, 3.8) is 0 Å². The van der Waals surface area contributed by atoms with Crippen LogP contribution in [0.5, 0.6) is 0 Å². The van der Waals surface area contributed by atoms with Gasteiger partial charge in [0.15, 0.2) is 0 Å². The molecule has 2 aliphatic heterocycles. The summed E-state index contributed by atoms with van der Waals surface area (Å²) in [5, 5.41) is 13.1. The Morgan fingerprint density at radius 2 is 2.29 bits per heavy atom. The van der Waals surface area contributed by atoms with E-state index < -0.39 is 0 Å². The molecule has 4 heteroatoms. The van der Waals surface area contributed by atoms with Crippen LogP contribution in [0.2, 0.25) is 0 Å². The van der Waals surface area contributed by atoms with Crippen molar-refractivity contribution in [2.75, 3.05) is 26.4 Å². The highest BCUT2D eigenvalue weighted by atomic mass is 16.6. The summed E-state index contributed by atoms with van der Waals surface area (Å²) in [6, 6.07) is 0.433. The lowest BCUT2D eigenvalue weighted by molar-refractivity contribution is -0.0931. The monoisotopic (exact) mass is 243 g/mol. The van der Waals surface area contributed by atoms with Crippen LogP contribution in [-0.4, -0.2) is 48.7 Å². The van der Waals surface area contributed by atoms with Crippen molar-refractivity contribution in [2.24, 2.45) is 0 Å². The van der Waals surface area contributed by atoms with E-state index in [0.717, 1.165) is 45.5 Å². The average Bonchev–Trinajstić information content (AvgIpc) is 2.77. The summed E-state index contributed by atoms with van der Waals surface area (Å²) in [5.74, 6) is 0. The summed E-state index contributed by atoms with van der Waals surface area (Å²) in [4.78, 5) is 0. The van der Waals surface area contributed by atoms with Crippen LogP contribution in [0.15, 0.2) is 0 Å². The van der Waals surface area contributed by atoms with E-state index in [4.69, 9.17) is 9.47 Å². The molecule has 3 atom stereocenters. The Kier molecular flexibility index (Phi) is 4.08. The first-order chi connectivity index (χ1) is 8.11. The fraction of sp³-hybridized carbons (Fsp3) is 1.00. The van der Waals surface area contributed by atoms with Crippen LogP contribution in [0.4, 0.5) is 0 Å². The van der Waals surface area contributed by atoms with Gasteiger partial charge >= 0.3 is 0 Å². The SMILES string of the molecule is CCC(C)(CO)NC1CCOC2(CCOC2)C1. The van der Waals surface area contributed by atoms with Gasteiger partial charge < -0.3 is 19.9 Å². The predicted molar refractivity (Wildman–Crippen MR) is 66.1 cm³/mol. The van der Waals surface area contributed by atoms with Crippen LogP contribution in [0.1, 0.15) is 39.5 Å². The molecule has 0 aromatic rings. The van der Waals surface area contributed by atoms with Gasteiger partial charge in [-0.2, -0.15) is 0 Å². The molecule has 0 saturated carbocycles. The molecule has 0 bridgehead atoms. The topological polar surface area (TPSA) is 50.7 Å². The standard InChI is InChI=1S/C13H25NO3/c1-3-12(2,9-15)14-11-4-6-17-13(8-11)5-7-16-10-13/h11,14-15H,3-10H2,1-2H3. The van der Waals surface area contributed by atoms with Gasteiger partial charge in [-0.3, -0.25) is 0 Å². The highest BCUT2D eigenvalue weighted by molar-refractivity contribution is 4.95. The van der Waals surface area contributed by atoms with Gasteiger partial charge in [0.2, 0.25) is 0 Å². The minimum Gasteiger partial charge on any atom is -0.394 e. The van der Waals surface area contributed by atoms with Crippen LogP contribution in [0, 0.1) is 0 Å². The van der Waals surface area contributed by atoms with E-state index in [1.54, 1.807) is 0 Å². The van der Waals surface area contributed by atoms with Gasteiger partial charge in [-0.15, -0.1) is 0 Å². The van der Waals surface area contributed by atoms with E-state index in [-0.39, 0.29) is 17.7 Å². The zero-order valence-corrected chi connectivity index (χ0v) is 11.0. The van der Waals surface area contributed by atoms with E-state index >= 15 is 0 Å². The number of aliphatic hydroxyl groups is 1. The maximum atomic E-state index is 9.45. The Hall–Kier alpha value is -0.160. The fourth-order valence-corrected chi connectivity index (χ4v) is 2.77. The molecule has 100 valence electrons. The van der Waals surface area contributed by atoms with E-state index in [0.29, 0.717) is 6.04 Å². The normalized spacial score (nSPS) is 37.2. The second kappa shape index (κ2) is 5.22. The molecule has 0 aromatic heterocycles. The quantitative estimate of drug-likeness (QED) is 0.775. The molecule has 0 radical (unpaired) electrons. The van der Waals surface area contributed by atoms with Gasteiger partial charge in [0, 0.05) is 31.2 Å². The number of nitrogens with one attached hydrogen (secondary N) is 1. The maximum Gasteiger partial charge on any atom is 0.0951 e. The Bertz CT molecular complexity index is 245. The van der Waals surface area contributed by atoms with Gasteiger partial charge in [-0.25, -0.2) is 0 Å².